The van der Waals surface area contributed by atoms with Gasteiger partial charge in [-0.15, -0.1) is 0 Å². The zero-order chi connectivity index (χ0) is 27.1. The first-order chi connectivity index (χ1) is 18.9. The number of phenolic OH excluding ortho intramolecular Hbond substituents is 1. The quantitative estimate of drug-likeness (QED) is 0.403. The van der Waals surface area contributed by atoms with Crippen molar-refractivity contribution < 1.29 is 18.6 Å². The van der Waals surface area contributed by atoms with E-state index >= 15 is 4.39 Å². The fourth-order valence-electron chi connectivity index (χ4n) is 5.88. The van der Waals surface area contributed by atoms with Crippen molar-refractivity contribution in [3.05, 3.63) is 48.4 Å². The van der Waals surface area contributed by atoms with E-state index in [1.807, 2.05) is 36.2 Å². The van der Waals surface area contributed by atoms with Crippen LogP contribution in [0.2, 0.25) is 0 Å². The second-order valence-corrected chi connectivity index (χ2v) is 10.6. The lowest BCUT2D eigenvalue weighted by Crippen LogP contribution is -2.51. The van der Waals surface area contributed by atoms with E-state index in [0.717, 1.165) is 49.7 Å². The van der Waals surface area contributed by atoms with Crippen LogP contribution in [0.25, 0.3) is 32.9 Å². The average molecular weight is 535 g/mol. The number of likely N-dealkylation sites (tertiary alicyclic amines) is 1. The molecule has 2 N–H and O–H groups in total. The molecule has 3 unspecified atom stereocenters. The summed E-state index contributed by atoms with van der Waals surface area (Å²) in [4.78, 5) is 17.6. The molecule has 204 valence electrons. The normalized spacial score (nSPS) is 22.8. The molecular formula is C29H32F2N6O2. The molecule has 5 heterocycles. The van der Waals surface area contributed by atoms with Crippen molar-refractivity contribution in [1.82, 2.24) is 25.2 Å². The molecule has 0 spiro atoms. The summed E-state index contributed by atoms with van der Waals surface area (Å²) < 4.78 is 33.4. The first-order valence-corrected chi connectivity index (χ1v) is 13.4. The molecule has 3 saturated heterocycles. The SMILES string of the molecule is CN1CCC(F)C1.COc1nc(N2CC3CCC(C2)N3)c2cnc(-c3cc(O)cc4ccccc34)c(F)c2n1. The molecule has 7 rings (SSSR count). The van der Waals surface area contributed by atoms with Crippen molar-refractivity contribution in [3.63, 3.8) is 0 Å². The van der Waals surface area contributed by atoms with E-state index < -0.39 is 12.0 Å². The molecule has 3 aliphatic rings. The third-order valence-electron chi connectivity index (χ3n) is 7.78. The number of halogens is 2. The third kappa shape index (κ3) is 5.06. The van der Waals surface area contributed by atoms with Crippen molar-refractivity contribution >= 4 is 27.5 Å². The molecule has 10 heteroatoms. The number of alkyl halides is 1. The number of benzene rings is 2. The highest BCUT2D eigenvalue weighted by atomic mass is 19.1. The number of aromatic nitrogens is 3. The van der Waals surface area contributed by atoms with Gasteiger partial charge in [-0.2, -0.15) is 9.97 Å². The number of nitrogens with one attached hydrogen (secondary N) is 1. The minimum absolute atomic E-state index is 0.0530. The summed E-state index contributed by atoms with van der Waals surface area (Å²) in [5.74, 6) is 0.138. The van der Waals surface area contributed by atoms with Crippen molar-refractivity contribution in [2.24, 2.45) is 0 Å². The number of pyridine rings is 1. The Balaban J connectivity index is 0.000000346. The fourth-order valence-corrected chi connectivity index (χ4v) is 5.88. The van der Waals surface area contributed by atoms with Gasteiger partial charge < -0.3 is 25.0 Å². The van der Waals surface area contributed by atoms with E-state index in [4.69, 9.17) is 4.74 Å². The van der Waals surface area contributed by atoms with Gasteiger partial charge in [0.25, 0.3) is 0 Å². The van der Waals surface area contributed by atoms with Crippen LogP contribution in [0.15, 0.2) is 42.6 Å². The highest BCUT2D eigenvalue weighted by Gasteiger charge is 2.34. The Labute approximate surface area is 225 Å². The van der Waals surface area contributed by atoms with Crippen LogP contribution in [0.1, 0.15) is 19.3 Å². The molecule has 2 aromatic carbocycles. The summed E-state index contributed by atoms with van der Waals surface area (Å²) in [6, 6.07) is 11.6. The number of methoxy groups -OCH3 is 1. The number of hydrogen-bond acceptors (Lipinski definition) is 8. The Morgan fingerprint density at radius 2 is 1.79 bits per heavy atom. The Bertz CT molecular complexity index is 1500. The zero-order valence-electron chi connectivity index (χ0n) is 22.1. The number of ether oxygens (including phenoxy) is 1. The number of hydrogen-bond donors (Lipinski definition) is 2. The van der Waals surface area contributed by atoms with Crippen molar-refractivity contribution in [1.29, 1.82) is 0 Å². The Hall–Kier alpha value is -3.63. The molecule has 39 heavy (non-hydrogen) atoms. The number of phenols is 1. The molecule has 3 fully saturated rings. The van der Waals surface area contributed by atoms with E-state index in [2.05, 4.69) is 25.2 Å². The number of anilines is 1. The highest BCUT2D eigenvalue weighted by molar-refractivity contribution is 5.99. The van der Waals surface area contributed by atoms with Crippen LogP contribution in [0.4, 0.5) is 14.6 Å². The van der Waals surface area contributed by atoms with E-state index in [1.165, 1.54) is 13.2 Å². The maximum atomic E-state index is 15.9. The Kier molecular flexibility index (Phi) is 6.90. The van der Waals surface area contributed by atoms with Crippen LogP contribution in [-0.2, 0) is 0 Å². The molecule has 3 aliphatic heterocycles. The summed E-state index contributed by atoms with van der Waals surface area (Å²) in [7, 11) is 3.43. The van der Waals surface area contributed by atoms with Crippen molar-refractivity contribution in [3.8, 4) is 23.0 Å². The largest absolute Gasteiger partial charge is 0.508 e. The molecule has 0 radical (unpaired) electrons. The maximum absolute atomic E-state index is 15.9. The summed E-state index contributed by atoms with van der Waals surface area (Å²) in [6.45, 7) is 3.17. The van der Waals surface area contributed by atoms with Crippen LogP contribution in [0.3, 0.4) is 0 Å². The highest BCUT2D eigenvalue weighted by Crippen LogP contribution is 2.37. The van der Waals surface area contributed by atoms with Crippen molar-refractivity contribution in [2.75, 3.05) is 45.2 Å². The van der Waals surface area contributed by atoms with Gasteiger partial charge in [-0.05, 0) is 49.2 Å². The molecule has 3 atom stereocenters. The summed E-state index contributed by atoms with van der Waals surface area (Å²) in [5, 5.41) is 16.0. The van der Waals surface area contributed by atoms with Gasteiger partial charge in [0, 0.05) is 50.0 Å². The summed E-state index contributed by atoms with van der Waals surface area (Å²) in [5.41, 5.74) is 0.811. The van der Waals surface area contributed by atoms with Crippen LogP contribution in [-0.4, -0.2) is 83.6 Å². The monoisotopic (exact) mass is 534 g/mol. The van der Waals surface area contributed by atoms with E-state index in [1.54, 1.807) is 12.3 Å². The van der Waals surface area contributed by atoms with Gasteiger partial charge in [0.05, 0.1) is 12.5 Å². The van der Waals surface area contributed by atoms with Gasteiger partial charge >= 0.3 is 6.01 Å². The van der Waals surface area contributed by atoms with Gasteiger partial charge in [0.1, 0.15) is 28.9 Å². The van der Waals surface area contributed by atoms with E-state index in [-0.39, 0.29) is 23.0 Å². The number of piperazine rings is 1. The van der Waals surface area contributed by atoms with Crippen LogP contribution >= 0.6 is 0 Å². The van der Waals surface area contributed by atoms with Gasteiger partial charge in [-0.3, -0.25) is 4.98 Å². The molecule has 0 amide bonds. The zero-order valence-corrected chi connectivity index (χ0v) is 22.1. The first kappa shape index (κ1) is 25.6. The van der Waals surface area contributed by atoms with E-state index in [0.29, 0.717) is 35.4 Å². The van der Waals surface area contributed by atoms with Gasteiger partial charge in [-0.1, -0.05) is 24.3 Å². The number of nitrogens with zero attached hydrogens (tertiary/aromatic N) is 5. The average Bonchev–Trinajstić information content (AvgIpc) is 3.49. The smallest absolute Gasteiger partial charge is 0.318 e. The predicted octanol–water partition coefficient (Wildman–Crippen LogP) is 4.30. The van der Waals surface area contributed by atoms with Gasteiger partial charge in [0.2, 0.25) is 0 Å². The lowest BCUT2D eigenvalue weighted by atomic mass is 10.0. The lowest BCUT2D eigenvalue weighted by Gasteiger charge is -2.34. The Morgan fingerprint density at radius 1 is 1.03 bits per heavy atom. The number of aromatic hydroxyl groups is 1. The number of fused-ring (bicyclic) bond motifs is 4. The van der Waals surface area contributed by atoms with Crippen LogP contribution in [0, 0.1) is 5.82 Å². The molecular weight excluding hydrogens is 502 g/mol. The van der Waals surface area contributed by atoms with Crippen molar-refractivity contribution in [2.45, 2.75) is 37.5 Å². The summed E-state index contributed by atoms with van der Waals surface area (Å²) >= 11 is 0. The van der Waals surface area contributed by atoms with E-state index in [9.17, 15) is 9.50 Å². The standard InChI is InChI=1S/C24H22FN5O2.C5H10FN/c1-32-24-28-22-19(23(29-24)30-11-14-6-7-15(12-30)27-14)10-26-21(20(22)25)18-9-16(31)8-13-4-2-3-5-17(13)18;1-7-3-2-5(6)4-7/h2-5,8-10,14-15,27,31H,6-7,11-12H2,1H3;5H,2-4H2,1H3. The second kappa shape index (κ2) is 10.5. The molecule has 2 bridgehead atoms. The van der Waals surface area contributed by atoms with Gasteiger partial charge in [-0.25, -0.2) is 8.78 Å². The van der Waals surface area contributed by atoms with Crippen LogP contribution in [0.5, 0.6) is 11.8 Å². The number of rotatable bonds is 3. The second-order valence-electron chi connectivity index (χ2n) is 10.6. The lowest BCUT2D eigenvalue weighted by molar-refractivity contribution is 0.321. The maximum Gasteiger partial charge on any atom is 0.318 e. The first-order valence-electron chi connectivity index (χ1n) is 13.4. The third-order valence-corrected chi connectivity index (χ3v) is 7.78. The molecule has 8 nitrogen and oxygen atoms in total. The molecule has 2 aromatic heterocycles. The minimum atomic E-state index is -0.557. The molecule has 4 aromatic rings. The molecule has 0 saturated carbocycles. The fraction of sp³-hybridized carbons (Fsp3) is 0.414. The predicted molar refractivity (Wildman–Crippen MR) is 148 cm³/mol. The summed E-state index contributed by atoms with van der Waals surface area (Å²) in [6.07, 6.45) is 4.07. The van der Waals surface area contributed by atoms with Crippen LogP contribution < -0.4 is 15.0 Å². The Morgan fingerprint density at radius 3 is 2.46 bits per heavy atom. The topological polar surface area (TPSA) is 86.6 Å². The minimum Gasteiger partial charge on any atom is -0.508 e. The van der Waals surface area contributed by atoms with Gasteiger partial charge in [0.15, 0.2) is 5.82 Å². The molecule has 0 aliphatic carbocycles.